The second kappa shape index (κ2) is 5.78. The molecule has 23 heavy (non-hydrogen) atoms. The van der Waals surface area contributed by atoms with Crippen molar-refractivity contribution in [3.05, 3.63) is 59.8 Å². The number of fused-ring (bicyclic) bond motifs is 1. The van der Waals surface area contributed by atoms with E-state index in [-0.39, 0.29) is 17.7 Å². The highest BCUT2D eigenvalue weighted by Crippen LogP contribution is 2.31. The molecule has 0 bridgehead atoms. The van der Waals surface area contributed by atoms with Gasteiger partial charge in [-0.15, -0.1) is 0 Å². The van der Waals surface area contributed by atoms with Gasteiger partial charge in [-0.1, -0.05) is 31.4 Å². The summed E-state index contributed by atoms with van der Waals surface area (Å²) in [7, 11) is 1.86. The van der Waals surface area contributed by atoms with Crippen LogP contribution in [0.4, 0.5) is 0 Å². The molecule has 5 heteroatoms. The molecule has 0 radical (unpaired) electrons. The number of nitrogens with zero attached hydrogens (tertiary/aromatic N) is 3. The van der Waals surface area contributed by atoms with Crippen molar-refractivity contribution >= 4 is 5.91 Å². The van der Waals surface area contributed by atoms with Crippen molar-refractivity contribution < 1.29 is 9.90 Å². The minimum Gasteiger partial charge on any atom is -0.503 e. The van der Waals surface area contributed by atoms with E-state index in [1.807, 2.05) is 38.4 Å². The summed E-state index contributed by atoms with van der Waals surface area (Å²) in [6.45, 7) is 5.89. The van der Waals surface area contributed by atoms with E-state index < -0.39 is 0 Å². The first-order chi connectivity index (χ1) is 11.0. The highest BCUT2D eigenvalue weighted by atomic mass is 16.3. The highest BCUT2D eigenvalue weighted by Gasteiger charge is 2.33. The quantitative estimate of drug-likeness (QED) is 0.697. The van der Waals surface area contributed by atoms with E-state index in [0.717, 1.165) is 16.7 Å². The van der Waals surface area contributed by atoms with Crippen molar-refractivity contribution in [1.82, 2.24) is 14.7 Å². The number of aliphatic hydroxyl groups is 1. The number of carbonyl (C=O) groups is 1. The van der Waals surface area contributed by atoms with Crippen LogP contribution < -0.4 is 0 Å². The summed E-state index contributed by atoms with van der Waals surface area (Å²) in [5.74, 6) is -0.0551. The first-order valence-electron chi connectivity index (χ1n) is 7.57. The SMILES string of the molecule is C=C=C(O)C(CC)N1Cc2ccc(-c3cnn(C)c3)cc2C1=O. The lowest BCUT2D eigenvalue weighted by atomic mass is 10.0. The van der Waals surface area contributed by atoms with Crippen LogP contribution in [0.3, 0.4) is 0 Å². The normalized spacial score (nSPS) is 14.5. The summed E-state index contributed by atoms with van der Waals surface area (Å²) < 4.78 is 1.73. The van der Waals surface area contributed by atoms with Gasteiger partial charge in [0.05, 0.1) is 12.2 Å². The van der Waals surface area contributed by atoms with Gasteiger partial charge in [0.15, 0.2) is 5.76 Å². The molecule has 1 aliphatic heterocycles. The van der Waals surface area contributed by atoms with Gasteiger partial charge < -0.3 is 10.0 Å². The molecule has 1 unspecified atom stereocenters. The fourth-order valence-electron chi connectivity index (χ4n) is 3.00. The van der Waals surface area contributed by atoms with E-state index in [1.54, 1.807) is 15.8 Å². The van der Waals surface area contributed by atoms with Crippen LogP contribution in [0.5, 0.6) is 0 Å². The molecule has 3 rings (SSSR count). The molecule has 118 valence electrons. The number of carbonyl (C=O) groups excluding carboxylic acids is 1. The topological polar surface area (TPSA) is 58.4 Å². The Bertz CT molecular complexity index is 815. The first-order valence-corrected chi connectivity index (χ1v) is 7.57. The van der Waals surface area contributed by atoms with Gasteiger partial charge in [-0.05, 0) is 23.6 Å². The number of rotatable bonds is 4. The summed E-state index contributed by atoms with van der Waals surface area (Å²) >= 11 is 0. The van der Waals surface area contributed by atoms with E-state index in [4.69, 9.17) is 0 Å². The monoisotopic (exact) mass is 309 g/mol. The van der Waals surface area contributed by atoms with Crippen LogP contribution in [0.1, 0.15) is 29.3 Å². The Kier molecular flexibility index (Phi) is 3.80. The van der Waals surface area contributed by atoms with Crippen LogP contribution in [0.15, 0.2) is 48.7 Å². The molecule has 1 aliphatic rings. The Labute approximate surface area is 135 Å². The van der Waals surface area contributed by atoms with Crippen LogP contribution in [0.2, 0.25) is 0 Å². The average molecular weight is 309 g/mol. The summed E-state index contributed by atoms with van der Waals surface area (Å²) in [6, 6.07) is 5.48. The first kappa shape index (κ1) is 15.1. The fourth-order valence-corrected chi connectivity index (χ4v) is 3.00. The maximum absolute atomic E-state index is 12.7. The Hall–Kier alpha value is -2.78. The second-order valence-corrected chi connectivity index (χ2v) is 5.69. The minimum absolute atomic E-state index is 0.0149. The van der Waals surface area contributed by atoms with E-state index in [1.165, 1.54) is 0 Å². The Morgan fingerprint density at radius 1 is 1.48 bits per heavy atom. The molecule has 2 aromatic rings. The van der Waals surface area contributed by atoms with Gasteiger partial charge in [-0.25, -0.2) is 0 Å². The number of amides is 1. The van der Waals surface area contributed by atoms with Gasteiger partial charge >= 0.3 is 0 Å². The van der Waals surface area contributed by atoms with E-state index in [0.29, 0.717) is 18.5 Å². The maximum atomic E-state index is 12.7. The molecule has 5 nitrogen and oxygen atoms in total. The van der Waals surface area contributed by atoms with Gasteiger partial charge in [0.25, 0.3) is 5.91 Å². The van der Waals surface area contributed by atoms with E-state index in [9.17, 15) is 9.90 Å². The summed E-state index contributed by atoms with van der Waals surface area (Å²) in [6.07, 6.45) is 4.31. The van der Waals surface area contributed by atoms with Crippen molar-refractivity contribution in [2.75, 3.05) is 0 Å². The molecule has 1 amide bonds. The van der Waals surface area contributed by atoms with Crippen molar-refractivity contribution in [3.63, 3.8) is 0 Å². The predicted octanol–water partition coefficient (Wildman–Crippen LogP) is 3.05. The lowest BCUT2D eigenvalue weighted by Gasteiger charge is -2.25. The Morgan fingerprint density at radius 3 is 2.87 bits per heavy atom. The van der Waals surface area contributed by atoms with Gasteiger partial charge in [0.1, 0.15) is 0 Å². The summed E-state index contributed by atoms with van der Waals surface area (Å²) in [5, 5.41) is 14.1. The van der Waals surface area contributed by atoms with Crippen LogP contribution in [0, 0.1) is 0 Å². The molecule has 0 saturated heterocycles. The van der Waals surface area contributed by atoms with Crippen molar-refractivity contribution in [1.29, 1.82) is 0 Å². The minimum atomic E-state index is -0.380. The summed E-state index contributed by atoms with van der Waals surface area (Å²) in [5.41, 5.74) is 6.09. The second-order valence-electron chi connectivity index (χ2n) is 5.69. The lowest BCUT2D eigenvalue weighted by molar-refractivity contribution is 0.0688. The van der Waals surface area contributed by atoms with Gasteiger partial charge in [-0.3, -0.25) is 9.48 Å². The third kappa shape index (κ3) is 2.56. The molecule has 0 spiro atoms. The number of hydrogen-bond donors (Lipinski definition) is 1. The molecule has 1 aromatic heterocycles. The van der Waals surface area contributed by atoms with Crippen LogP contribution in [0.25, 0.3) is 11.1 Å². The molecular formula is C18H19N3O2. The van der Waals surface area contributed by atoms with Crippen molar-refractivity contribution in [2.24, 2.45) is 7.05 Å². The number of aryl methyl sites for hydroxylation is 1. The van der Waals surface area contributed by atoms with Crippen LogP contribution in [-0.4, -0.2) is 31.7 Å². The van der Waals surface area contributed by atoms with Crippen molar-refractivity contribution in [3.8, 4) is 11.1 Å². The maximum Gasteiger partial charge on any atom is 0.255 e. The van der Waals surface area contributed by atoms with Gasteiger partial charge in [0, 0.05) is 30.9 Å². The summed E-state index contributed by atoms with van der Waals surface area (Å²) in [4.78, 5) is 14.4. The van der Waals surface area contributed by atoms with Crippen molar-refractivity contribution in [2.45, 2.75) is 25.9 Å². The molecule has 1 N–H and O–H groups in total. The van der Waals surface area contributed by atoms with E-state index >= 15 is 0 Å². The largest absolute Gasteiger partial charge is 0.503 e. The number of hydrogen-bond acceptors (Lipinski definition) is 3. The van der Waals surface area contributed by atoms with Crippen LogP contribution in [-0.2, 0) is 13.6 Å². The zero-order chi connectivity index (χ0) is 16.6. The highest BCUT2D eigenvalue weighted by molar-refractivity contribution is 5.99. The van der Waals surface area contributed by atoms with Gasteiger partial charge in [-0.2, -0.15) is 5.10 Å². The lowest BCUT2D eigenvalue weighted by Crippen LogP contribution is -2.36. The van der Waals surface area contributed by atoms with E-state index in [2.05, 4.69) is 17.4 Å². The number of aromatic nitrogens is 2. The molecular weight excluding hydrogens is 290 g/mol. The average Bonchev–Trinajstić information content (AvgIpc) is 3.12. The number of aliphatic hydroxyl groups excluding tert-OH is 1. The number of benzene rings is 1. The third-order valence-corrected chi connectivity index (χ3v) is 4.24. The molecule has 0 aliphatic carbocycles. The van der Waals surface area contributed by atoms with Crippen LogP contribution >= 0.6 is 0 Å². The molecule has 2 heterocycles. The molecule has 0 fully saturated rings. The Morgan fingerprint density at radius 2 is 2.26 bits per heavy atom. The Balaban J connectivity index is 1.96. The molecule has 0 saturated carbocycles. The predicted molar refractivity (Wildman–Crippen MR) is 87.9 cm³/mol. The fraction of sp³-hybridized carbons (Fsp3) is 0.278. The zero-order valence-corrected chi connectivity index (χ0v) is 13.3. The smallest absolute Gasteiger partial charge is 0.255 e. The van der Waals surface area contributed by atoms with Gasteiger partial charge in [0.2, 0.25) is 0 Å². The standard InChI is InChI=1S/C18H19N3O2/c1-4-16(17(22)5-2)21-11-13-7-6-12(8-15(13)18(21)23)14-9-19-20(3)10-14/h6-10,16,22H,2,4,11H2,1,3H3. The zero-order valence-electron chi connectivity index (χ0n) is 13.3. The third-order valence-electron chi connectivity index (χ3n) is 4.24. The molecule has 1 aromatic carbocycles. The molecule has 1 atom stereocenters.